The largest absolute Gasteiger partial charge is 0.204 e. The summed E-state index contributed by atoms with van der Waals surface area (Å²) in [5.74, 6) is -0.921. The molecule has 0 amide bonds. The van der Waals surface area contributed by atoms with Gasteiger partial charge in [0.25, 0.3) is 0 Å². The van der Waals surface area contributed by atoms with Crippen LogP contribution < -0.4 is 0 Å². The molecule has 0 aliphatic carbocycles. The fourth-order valence-electron chi connectivity index (χ4n) is 0.822. The molecule has 1 aromatic rings. The van der Waals surface area contributed by atoms with Crippen LogP contribution in [0.15, 0.2) is 11.0 Å². The predicted octanol–water partition coefficient (Wildman–Crippen LogP) is 4.38. The number of benzene rings is 1. The maximum atomic E-state index is 13.2. The van der Waals surface area contributed by atoms with Crippen molar-refractivity contribution < 1.29 is 8.78 Å². The lowest BCUT2D eigenvalue weighted by molar-refractivity contribution is 0.541. The van der Waals surface area contributed by atoms with Crippen LogP contribution in [-0.2, 0) is 0 Å². The van der Waals surface area contributed by atoms with Gasteiger partial charge in [-0.05, 0) is 11.8 Å². The van der Waals surface area contributed by atoms with Gasteiger partial charge >= 0.3 is 0 Å². The third-order valence-electron chi connectivity index (χ3n) is 1.36. The normalized spacial score (nSPS) is 10.5. The fraction of sp³-hybridized carbons (Fsp3) is 0.250. The summed E-state index contributed by atoms with van der Waals surface area (Å²) in [6.45, 7) is 1.79. The molecule has 0 heterocycles. The predicted molar refractivity (Wildman–Crippen MR) is 52.8 cm³/mol. The molecular weight excluding hydrogens is 237 g/mol. The standard InChI is InChI=1S/C8H6Cl2F2S/c1-2-13-8-6(11)4(9)3-5(10)7(8)12/h3H,2H2,1H3. The molecule has 0 N–H and O–H groups in total. The molecule has 72 valence electrons. The van der Waals surface area contributed by atoms with Crippen LogP contribution in [0.3, 0.4) is 0 Å². The van der Waals surface area contributed by atoms with Crippen LogP contribution in [0.2, 0.25) is 10.0 Å². The lowest BCUT2D eigenvalue weighted by Crippen LogP contribution is -1.90. The molecular formula is C8H6Cl2F2S. The molecule has 0 spiro atoms. The number of hydrogen-bond donors (Lipinski definition) is 0. The first kappa shape index (κ1) is 11.1. The van der Waals surface area contributed by atoms with Crippen LogP contribution in [0.1, 0.15) is 6.92 Å². The molecule has 0 nitrogen and oxygen atoms in total. The van der Waals surface area contributed by atoms with E-state index < -0.39 is 11.6 Å². The fourth-order valence-corrected chi connectivity index (χ4v) is 2.16. The second-order valence-corrected chi connectivity index (χ2v) is 4.32. The highest BCUT2D eigenvalue weighted by Crippen LogP contribution is 2.34. The van der Waals surface area contributed by atoms with E-state index in [0.717, 1.165) is 17.8 Å². The molecule has 1 rings (SSSR count). The maximum absolute atomic E-state index is 13.2. The van der Waals surface area contributed by atoms with E-state index in [0.29, 0.717) is 5.75 Å². The van der Waals surface area contributed by atoms with Gasteiger partial charge in [0.2, 0.25) is 0 Å². The van der Waals surface area contributed by atoms with E-state index in [-0.39, 0.29) is 14.9 Å². The van der Waals surface area contributed by atoms with Gasteiger partial charge in [-0.1, -0.05) is 30.1 Å². The number of hydrogen-bond acceptors (Lipinski definition) is 1. The summed E-state index contributed by atoms with van der Waals surface area (Å²) < 4.78 is 26.4. The van der Waals surface area contributed by atoms with E-state index in [1.807, 2.05) is 0 Å². The van der Waals surface area contributed by atoms with Crippen molar-refractivity contribution in [2.24, 2.45) is 0 Å². The molecule has 0 unspecified atom stereocenters. The molecule has 0 aliphatic rings. The molecule has 0 radical (unpaired) electrons. The molecule has 0 saturated heterocycles. The van der Waals surface area contributed by atoms with E-state index >= 15 is 0 Å². The van der Waals surface area contributed by atoms with Gasteiger partial charge in [0.05, 0.1) is 14.9 Å². The topological polar surface area (TPSA) is 0 Å². The number of thioether (sulfide) groups is 1. The van der Waals surface area contributed by atoms with Gasteiger partial charge in [0.1, 0.15) is 0 Å². The number of halogens is 4. The van der Waals surface area contributed by atoms with Crippen LogP contribution in [0.25, 0.3) is 0 Å². The van der Waals surface area contributed by atoms with Gasteiger partial charge in [-0.15, -0.1) is 11.8 Å². The van der Waals surface area contributed by atoms with Gasteiger partial charge < -0.3 is 0 Å². The van der Waals surface area contributed by atoms with Crippen LogP contribution in [0.5, 0.6) is 0 Å². The zero-order valence-corrected chi connectivity index (χ0v) is 9.03. The van der Waals surface area contributed by atoms with Crippen molar-refractivity contribution in [3.05, 3.63) is 27.7 Å². The Morgan fingerprint density at radius 2 is 1.69 bits per heavy atom. The zero-order valence-electron chi connectivity index (χ0n) is 6.70. The lowest BCUT2D eigenvalue weighted by atomic mass is 10.3. The Hall–Kier alpha value is 0.01000. The summed E-state index contributed by atoms with van der Waals surface area (Å²) in [4.78, 5) is -0.111. The highest BCUT2D eigenvalue weighted by molar-refractivity contribution is 7.99. The molecule has 13 heavy (non-hydrogen) atoms. The third-order valence-corrected chi connectivity index (χ3v) is 2.85. The van der Waals surface area contributed by atoms with Gasteiger partial charge in [-0.25, -0.2) is 8.78 Å². The minimum absolute atomic E-state index is 0.111. The third kappa shape index (κ3) is 2.27. The molecule has 0 atom stereocenters. The quantitative estimate of drug-likeness (QED) is 0.548. The molecule has 1 aromatic carbocycles. The highest BCUT2D eigenvalue weighted by Gasteiger charge is 2.16. The van der Waals surface area contributed by atoms with Gasteiger partial charge in [0, 0.05) is 0 Å². The first-order valence-corrected chi connectivity index (χ1v) is 5.27. The van der Waals surface area contributed by atoms with Crippen molar-refractivity contribution in [2.45, 2.75) is 11.8 Å². The Balaban J connectivity index is 3.28. The van der Waals surface area contributed by atoms with E-state index in [9.17, 15) is 8.78 Å². The van der Waals surface area contributed by atoms with Crippen LogP contribution in [0.4, 0.5) is 8.78 Å². The first-order chi connectivity index (χ1) is 6.07. The Morgan fingerprint density at radius 1 is 1.23 bits per heavy atom. The average Bonchev–Trinajstić information content (AvgIpc) is 2.09. The minimum atomic E-state index is -0.740. The molecule has 0 fully saturated rings. The summed E-state index contributed by atoms with van der Waals surface area (Å²) in [5, 5.41) is -0.301. The molecule has 0 bridgehead atoms. The van der Waals surface area contributed by atoms with E-state index in [2.05, 4.69) is 0 Å². The zero-order chi connectivity index (χ0) is 10.0. The molecule has 0 aromatic heterocycles. The second-order valence-electron chi connectivity index (χ2n) is 2.23. The molecule has 0 aliphatic heterocycles. The monoisotopic (exact) mass is 242 g/mol. The summed E-state index contributed by atoms with van der Waals surface area (Å²) in [7, 11) is 0. The number of rotatable bonds is 2. The first-order valence-electron chi connectivity index (χ1n) is 3.53. The minimum Gasteiger partial charge on any atom is -0.204 e. The SMILES string of the molecule is CCSc1c(F)c(Cl)cc(Cl)c1F. The Morgan fingerprint density at radius 3 is 2.08 bits per heavy atom. The average molecular weight is 243 g/mol. The lowest BCUT2D eigenvalue weighted by Gasteiger charge is -2.05. The van der Waals surface area contributed by atoms with Crippen molar-refractivity contribution in [1.29, 1.82) is 0 Å². The summed E-state index contributed by atoms with van der Waals surface area (Å²) in [6, 6.07) is 1.06. The van der Waals surface area contributed by atoms with Crippen molar-refractivity contribution in [1.82, 2.24) is 0 Å². The summed E-state index contributed by atoms with van der Waals surface area (Å²) >= 11 is 12.0. The second kappa shape index (κ2) is 4.49. The summed E-state index contributed by atoms with van der Waals surface area (Å²) in [6.07, 6.45) is 0. The van der Waals surface area contributed by atoms with E-state index in [4.69, 9.17) is 23.2 Å². The van der Waals surface area contributed by atoms with Crippen LogP contribution >= 0.6 is 35.0 Å². The Bertz CT molecular complexity index is 302. The van der Waals surface area contributed by atoms with Crippen molar-refractivity contribution in [2.75, 3.05) is 5.75 Å². The van der Waals surface area contributed by atoms with Gasteiger partial charge in [0.15, 0.2) is 11.6 Å². The summed E-state index contributed by atoms with van der Waals surface area (Å²) in [5.41, 5.74) is 0. The smallest absolute Gasteiger partial charge is 0.158 e. The van der Waals surface area contributed by atoms with Crippen molar-refractivity contribution >= 4 is 35.0 Å². The molecule has 5 heteroatoms. The van der Waals surface area contributed by atoms with Gasteiger partial charge in [-0.2, -0.15) is 0 Å². The van der Waals surface area contributed by atoms with Gasteiger partial charge in [-0.3, -0.25) is 0 Å². The van der Waals surface area contributed by atoms with E-state index in [1.165, 1.54) is 0 Å². The van der Waals surface area contributed by atoms with Crippen molar-refractivity contribution in [3.8, 4) is 0 Å². The highest BCUT2D eigenvalue weighted by atomic mass is 35.5. The Kier molecular flexibility index (Phi) is 3.83. The van der Waals surface area contributed by atoms with Crippen LogP contribution in [0, 0.1) is 11.6 Å². The van der Waals surface area contributed by atoms with E-state index in [1.54, 1.807) is 6.92 Å². The maximum Gasteiger partial charge on any atom is 0.158 e. The molecule has 0 saturated carbocycles. The van der Waals surface area contributed by atoms with Crippen molar-refractivity contribution in [3.63, 3.8) is 0 Å². The Labute approximate surface area is 89.2 Å². The van der Waals surface area contributed by atoms with Crippen LogP contribution in [-0.4, -0.2) is 5.75 Å².